The average molecular weight is 283 g/mol. The standard InChI is InChI=1S/C13H21N3O4/c1-5-7(2)11(12(17)18)15-13(19)14-6-10-8(3)16-20-9(10)4/h7,11H,5-6H2,1-4H3,(H,17,18)(H2,14,15,19). The van der Waals surface area contributed by atoms with Crippen molar-refractivity contribution >= 4 is 12.0 Å². The average Bonchev–Trinajstić information content (AvgIpc) is 2.72. The largest absolute Gasteiger partial charge is 0.480 e. The summed E-state index contributed by atoms with van der Waals surface area (Å²) in [6.45, 7) is 7.45. The van der Waals surface area contributed by atoms with Crippen molar-refractivity contribution in [1.29, 1.82) is 0 Å². The summed E-state index contributed by atoms with van der Waals surface area (Å²) >= 11 is 0. The molecule has 0 aliphatic rings. The Kier molecular flexibility index (Phi) is 5.54. The minimum Gasteiger partial charge on any atom is -0.480 e. The zero-order valence-electron chi connectivity index (χ0n) is 12.2. The molecule has 112 valence electrons. The van der Waals surface area contributed by atoms with Gasteiger partial charge in [-0.25, -0.2) is 9.59 Å². The van der Waals surface area contributed by atoms with E-state index in [4.69, 9.17) is 9.63 Å². The van der Waals surface area contributed by atoms with Gasteiger partial charge in [0.2, 0.25) is 0 Å². The summed E-state index contributed by atoms with van der Waals surface area (Å²) in [5.41, 5.74) is 1.51. The van der Waals surface area contributed by atoms with Crippen LogP contribution in [-0.4, -0.2) is 28.3 Å². The highest BCUT2D eigenvalue weighted by atomic mass is 16.5. The van der Waals surface area contributed by atoms with E-state index in [1.165, 1.54) is 0 Å². The van der Waals surface area contributed by atoms with Gasteiger partial charge in [-0.15, -0.1) is 0 Å². The first-order chi connectivity index (χ1) is 9.36. The van der Waals surface area contributed by atoms with E-state index in [1.807, 2.05) is 6.92 Å². The van der Waals surface area contributed by atoms with Gasteiger partial charge in [0, 0.05) is 12.1 Å². The highest BCUT2D eigenvalue weighted by molar-refractivity contribution is 5.82. The number of nitrogens with one attached hydrogen (secondary N) is 2. The van der Waals surface area contributed by atoms with Gasteiger partial charge in [0.25, 0.3) is 0 Å². The molecule has 0 fully saturated rings. The SMILES string of the molecule is CCC(C)C(NC(=O)NCc1c(C)noc1C)C(=O)O. The van der Waals surface area contributed by atoms with Crippen LogP contribution in [0.15, 0.2) is 4.52 Å². The van der Waals surface area contributed by atoms with E-state index in [2.05, 4.69) is 15.8 Å². The highest BCUT2D eigenvalue weighted by Crippen LogP contribution is 2.11. The molecule has 2 atom stereocenters. The normalized spacial score (nSPS) is 13.6. The minimum atomic E-state index is -1.04. The maximum atomic E-state index is 11.8. The number of carbonyl (C=O) groups is 2. The predicted molar refractivity (Wildman–Crippen MR) is 72.2 cm³/mol. The van der Waals surface area contributed by atoms with Crippen LogP contribution in [0.25, 0.3) is 0 Å². The first-order valence-corrected chi connectivity index (χ1v) is 6.55. The molecule has 1 aromatic rings. The molecule has 1 rings (SSSR count). The summed E-state index contributed by atoms with van der Waals surface area (Å²) in [5.74, 6) is -0.538. The molecular weight excluding hydrogens is 262 g/mol. The van der Waals surface area contributed by atoms with Gasteiger partial charge in [-0.2, -0.15) is 0 Å². The number of urea groups is 1. The summed E-state index contributed by atoms with van der Waals surface area (Å²) in [6, 6.07) is -1.41. The maximum Gasteiger partial charge on any atom is 0.326 e. The number of rotatable bonds is 6. The summed E-state index contributed by atoms with van der Waals surface area (Å²) in [7, 11) is 0. The maximum absolute atomic E-state index is 11.8. The Morgan fingerprint density at radius 2 is 2.05 bits per heavy atom. The molecule has 2 amide bonds. The van der Waals surface area contributed by atoms with Crippen LogP contribution in [0.1, 0.15) is 37.3 Å². The highest BCUT2D eigenvalue weighted by Gasteiger charge is 2.25. The molecular formula is C13H21N3O4. The van der Waals surface area contributed by atoms with Gasteiger partial charge >= 0.3 is 12.0 Å². The third kappa shape index (κ3) is 3.97. The number of amides is 2. The smallest absolute Gasteiger partial charge is 0.326 e. The van der Waals surface area contributed by atoms with E-state index >= 15 is 0 Å². The molecule has 2 unspecified atom stereocenters. The van der Waals surface area contributed by atoms with Crippen molar-refractivity contribution in [2.75, 3.05) is 0 Å². The third-order valence-electron chi connectivity index (χ3n) is 3.37. The molecule has 7 heteroatoms. The van der Waals surface area contributed by atoms with Gasteiger partial charge in [-0.1, -0.05) is 25.4 Å². The first kappa shape index (κ1) is 16.0. The summed E-state index contributed by atoms with van der Waals surface area (Å²) in [4.78, 5) is 22.9. The van der Waals surface area contributed by atoms with Crippen molar-refractivity contribution in [3.63, 3.8) is 0 Å². The molecule has 0 spiro atoms. The third-order valence-corrected chi connectivity index (χ3v) is 3.37. The fourth-order valence-electron chi connectivity index (χ4n) is 1.80. The topological polar surface area (TPSA) is 104 Å². The van der Waals surface area contributed by atoms with Gasteiger partial charge in [-0.05, 0) is 19.8 Å². The van der Waals surface area contributed by atoms with Crippen LogP contribution in [0.5, 0.6) is 0 Å². The van der Waals surface area contributed by atoms with E-state index in [0.717, 1.165) is 5.56 Å². The monoisotopic (exact) mass is 283 g/mol. The van der Waals surface area contributed by atoms with E-state index in [9.17, 15) is 9.59 Å². The van der Waals surface area contributed by atoms with Gasteiger partial charge in [0.1, 0.15) is 11.8 Å². The molecule has 0 radical (unpaired) electrons. The summed E-state index contributed by atoms with van der Waals surface area (Å²) in [5, 5.41) is 18.0. The van der Waals surface area contributed by atoms with Crippen LogP contribution in [0.4, 0.5) is 4.79 Å². The lowest BCUT2D eigenvalue weighted by Crippen LogP contribution is -2.48. The van der Waals surface area contributed by atoms with Crippen molar-refractivity contribution in [3.8, 4) is 0 Å². The van der Waals surface area contributed by atoms with Crippen LogP contribution in [-0.2, 0) is 11.3 Å². The van der Waals surface area contributed by atoms with Crippen molar-refractivity contribution in [2.45, 2.75) is 46.7 Å². The molecule has 0 saturated heterocycles. The quantitative estimate of drug-likeness (QED) is 0.735. The van der Waals surface area contributed by atoms with Gasteiger partial charge in [0.15, 0.2) is 0 Å². The molecule has 0 aromatic carbocycles. The van der Waals surface area contributed by atoms with Gasteiger partial charge in [0.05, 0.1) is 5.69 Å². The van der Waals surface area contributed by atoms with Crippen molar-refractivity contribution in [2.24, 2.45) is 5.92 Å². The number of aliphatic carboxylic acids is 1. The molecule has 0 saturated carbocycles. The molecule has 0 aliphatic carbocycles. The number of hydrogen-bond acceptors (Lipinski definition) is 4. The first-order valence-electron chi connectivity index (χ1n) is 6.55. The van der Waals surface area contributed by atoms with Gasteiger partial charge in [-0.3, -0.25) is 0 Å². The van der Waals surface area contributed by atoms with Crippen molar-refractivity contribution in [1.82, 2.24) is 15.8 Å². The molecule has 1 heterocycles. The van der Waals surface area contributed by atoms with Gasteiger partial charge < -0.3 is 20.3 Å². The van der Waals surface area contributed by atoms with Crippen LogP contribution in [0.3, 0.4) is 0 Å². The van der Waals surface area contributed by atoms with Crippen LogP contribution < -0.4 is 10.6 Å². The Hall–Kier alpha value is -2.05. The van der Waals surface area contributed by atoms with E-state index in [1.54, 1.807) is 20.8 Å². The Morgan fingerprint density at radius 3 is 2.50 bits per heavy atom. The number of carboxylic acid groups (broad SMARTS) is 1. The zero-order valence-corrected chi connectivity index (χ0v) is 12.2. The Bertz CT molecular complexity index is 464. The lowest BCUT2D eigenvalue weighted by molar-refractivity contribution is -0.140. The Morgan fingerprint density at radius 1 is 1.40 bits per heavy atom. The number of nitrogens with zero attached hydrogens (tertiary/aromatic N) is 1. The molecule has 20 heavy (non-hydrogen) atoms. The lowest BCUT2D eigenvalue weighted by Gasteiger charge is -2.20. The number of carboxylic acids is 1. The van der Waals surface area contributed by atoms with Crippen LogP contribution in [0.2, 0.25) is 0 Å². The number of hydrogen-bond donors (Lipinski definition) is 3. The van der Waals surface area contributed by atoms with Crippen molar-refractivity contribution in [3.05, 3.63) is 17.0 Å². The summed E-state index contributed by atoms with van der Waals surface area (Å²) in [6.07, 6.45) is 0.668. The summed E-state index contributed by atoms with van der Waals surface area (Å²) < 4.78 is 4.99. The Labute approximate surface area is 117 Å². The second kappa shape index (κ2) is 6.93. The minimum absolute atomic E-state index is 0.141. The fourth-order valence-corrected chi connectivity index (χ4v) is 1.80. The second-order valence-electron chi connectivity index (χ2n) is 4.83. The number of aromatic nitrogens is 1. The molecule has 0 aliphatic heterocycles. The predicted octanol–water partition coefficient (Wildman–Crippen LogP) is 1.59. The van der Waals surface area contributed by atoms with E-state index in [-0.39, 0.29) is 12.5 Å². The van der Waals surface area contributed by atoms with E-state index < -0.39 is 18.0 Å². The molecule has 3 N–H and O–H groups in total. The molecule has 0 bridgehead atoms. The van der Waals surface area contributed by atoms with Crippen LogP contribution in [0, 0.1) is 19.8 Å². The van der Waals surface area contributed by atoms with E-state index in [0.29, 0.717) is 17.9 Å². The zero-order chi connectivity index (χ0) is 15.3. The Balaban J connectivity index is 2.57. The van der Waals surface area contributed by atoms with Crippen LogP contribution >= 0.6 is 0 Å². The number of carbonyl (C=O) groups excluding carboxylic acids is 1. The second-order valence-corrected chi connectivity index (χ2v) is 4.83. The molecule has 7 nitrogen and oxygen atoms in total. The lowest BCUT2D eigenvalue weighted by atomic mass is 9.99. The molecule has 1 aromatic heterocycles. The fraction of sp³-hybridized carbons (Fsp3) is 0.615. The van der Waals surface area contributed by atoms with Crippen molar-refractivity contribution < 1.29 is 19.2 Å². The number of aryl methyl sites for hydroxylation is 2.